The summed E-state index contributed by atoms with van der Waals surface area (Å²) in [5, 5.41) is 6.57. The third kappa shape index (κ3) is 4.41. The first-order valence-electron chi connectivity index (χ1n) is 5.23. The lowest BCUT2D eigenvalue weighted by atomic mass is 10.1. The molecule has 0 radical (unpaired) electrons. The van der Waals surface area contributed by atoms with E-state index in [0.29, 0.717) is 11.6 Å². The summed E-state index contributed by atoms with van der Waals surface area (Å²) in [5.41, 5.74) is -0.512. The van der Waals surface area contributed by atoms with Crippen molar-refractivity contribution in [3.05, 3.63) is 11.6 Å². The van der Waals surface area contributed by atoms with Gasteiger partial charge in [0.25, 0.3) is 10.2 Å². The lowest BCUT2D eigenvalue weighted by molar-refractivity contribution is 0.415. The summed E-state index contributed by atoms with van der Waals surface area (Å²) in [6.07, 6.45) is 0. The van der Waals surface area contributed by atoms with Crippen molar-refractivity contribution in [3.8, 4) is 0 Å². The Morgan fingerprint density at radius 3 is 2.41 bits per heavy atom. The van der Waals surface area contributed by atoms with Crippen molar-refractivity contribution in [2.75, 3.05) is 7.05 Å². The number of aromatic nitrogens is 3. The molecule has 0 spiro atoms. The third-order valence-corrected chi connectivity index (χ3v) is 3.67. The molecule has 0 amide bonds. The predicted octanol–water partition coefficient (Wildman–Crippen LogP) is 0.178. The average molecular weight is 261 g/mol. The lowest BCUT2D eigenvalue weighted by Gasteiger charge is -2.24. The van der Waals surface area contributed by atoms with Gasteiger partial charge in [0.1, 0.15) is 5.82 Å². The second-order valence-electron chi connectivity index (χ2n) is 4.95. The molecule has 1 aromatic heterocycles. The molecule has 0 aliphatic carbocycles. The Hall–Kier alpha value is -0.990. The summed E-state index contributed by atoms with van der Waals surface area (Å²) in [6, 6.07) is 0. The number of aromatic amines is 1. The first kappa shape index (κ1) is 14.1. The van der Waals surface area contributed by atoms with E-state index < -0.39 is 15.7 Å². The molecule has 0 fully saturated rings. The molecule has 2 N–H and O–H groups in total. The normalized spacial score (nSPS) is 13.3. The summed E-state index contributed by atoms with van der Waals surface area (Å²) in [6.45, 7) is 7.26. The van der Waals surface area contributed by atoms with Gasteiger partial charge in [-0.3, -0.25) is 5.10 Å². The summed E-state index contributed by atoms with van der Waals surface area (Å²) in [5.74, 6) is 1.11. The maximum Gasteiger partial charge on any atom is 0.280 e. The fraction of sp³-hybridized carbons (Fsp3) is 0.778. The first-order chi connectivity index (χ1) is 7.60. The Morgan fingerprint density at radius 1 is 1.41 bits per heavy atom. The van der Waals surface area contributed by atoms with E-state index in [2.05, 4.69) is 19.9 Å². The molecule has 1 heterocycles. The molecule has 0 aliphatic rings. The molecular weight excluding hydrogens is 242 g/mol. The van der Waals surface area contributed by atoms with Gasteiger partial charge >= 0.3 is 0 Å². The molecule has 0 unspecified atom stereocenters. The minimum absolute atomic E-state index is 0.135. The third-order valence-electron chi connectivity index (χ3n) is 1.85. The number of aryl methyl sites for hydroxylation is 1. The molecule has 7 nitrogen and oxygen atoms in total. The second-order valence-corrected chi connectivity index (χ2v) is 6.73. The van der Waals surface area contributed by atoms with Gasteiger partial charge in [-0.1, -0.05) is 0 Å². The zero-order valence-corrected chi connectivity index (χ0v) is 11.6. The van der Waals surface area contributed by atoms with Gasteiger partial charge in [-0.05, 0) is 27.7 Å². The Bertz CT molecular complexity index is 474. The number of nitrogens with zero attached hydrogens (tertiary/aromatic N) is 3. The molecule has 0 aromatic carbocycles. The van der Waals surface area contributed by atoms with Crippen LogP contribution in [-0.2, 0) is 16.8 Å². The average Bonchev–Trinajstić information content (AvgIpc) is 2.46. The van der Waals surface area contributed by atoms with E-state index in [0.717, 1.165) is 0 Å². The number of hydrogen-bond donors (Lipinski definition) is 2. The molecule has 1 rings (SSSR count). The Kier molecular flexibility index (Phi) is 3.90. The summed E-state index contributed by atoms with van der Waals surface area (Å²) < 4.78 is 27.5. The second kappa shape index (κ2) is 4.71. The topological polar surface area (TPSA) is 91.0 Å². The van der Waals surface area contributed by atoms with Crippen molar-refractivity contribution in [2.45, 2.75) is 39.8 Å². The lowest BCUT2D eigenvalue weighted by Crippen LogP contribution is -2.47. The van der Waals surface area contributed by atoms with Crippen molar-refractivity contribution in [3.63, 3.8) is 0 Å². The highest BCUT2D eigenvalue weighted by Crippen LogP contribution is 2.07. The number of nitrogens with one attached hydrogen (secondary N) is 2. The molecule has 1 aromatic rings. The van der Waals surface area contributed by atoms with Crippen molar-refractivity contribution >= 4 is 10.2 Å². The van der Waals surface area contributed by atoms with Crippen LogP contribution in [0.1, 0.15) is 32.4 Å². The zero-order chi connectivity index (χ0) is 13.3. The number of hydrogen-bond acceptors (Lipinski definition) is 4. The van der Waals surface area contributed by atoms with Gasteiger partial charge in [0.2, 0.25) is 0 Å². The number of rotatable bonds is 4. The molecule has 0 saturated carbocycles. The molecule has 0 atom stereocenters. The predicted molar refractivity (Wildman–Crippen MR) is 64.4 cm³/mol. The largest absolute Gasteiger partial charge is 0.280 e. The van der Waals surface area contributed by atoms with Crippen LogP contribution in [0.5, 0.6) is 0 Å². The Balaban J connectivity index is 2.73. The minimum atomic E-state index is -3.52. The zero-order valence-electron chi connectivity index (χ0n) is 10.8. The monoisotopic (exact) mass is 261 g/mol. The van der Waals surface area contributed by atoms with Crippen LogP contribution < -0.4 is 4.72 Å². The van der Waals surface area contributed by atoms with Crippen molar-refractivity contribution in [1.82, 2.24) is 24.2 Å². The van der Waals surface area contributed by atoms with Gasteiger partial charge in [-0.15, -0.1) is 0 Å². The molecule has 0 bridgehead atoms. The van der Waals surface area contributed by atoms with Crippen molar-refractivity contribution in [1.29, 1.82) is 0 Å². The van der Waals surface area contributed by atoms with E-state index in [1.807, 2.05) is 0 Å². The quantitative estimate of drug-likeness (QED) is 0.808. The van der Waals surface area contributed by atoms with Gasteiger partial charge < -0.3 is 0 Å². The van der Waals surface area contributed by atoms with Gasteiger partial charge in [-0.25, -0.2) is 4.98 Å². The SMILES string of the molecule is Cc1nc(CN(C)S(=O)(=O)NC(C)(C)C)n[nH]1. The van der Waals surface area contributed by atoms with Crippen LogP contribution in [0.4, 0.5) is 0 Å². The fourth-order valence-electron chi connectivity index (χ4n) is 1.21. The van der Waals surface area contributed by atoms with E-state index in [4.69, 9.17) is 0 Å². The molecule has 0 aliphatic heterocycles. The van der Waals surface area contributed by atoms with E-state index in [1.54, 1.807) is 27.7 Å². The molecule has 98 valence electrons. The molecule has 8 heteroatoms. The van der Waals surface area contributed by atoms with Crippen LogP contribution in [0.15, 0.2) is 0 Å². The molecule has 0 saturated heterocycles. The molecule has 17 heavy (non-hydrogen) atoms. The van der Waals surface area contributed by atoms with Crippen LogP contribution in [0.25, 0.3) is 0 Å². The standard InChI is InChI=1S/C9H19N5O2S/c1-7-10-8(12-11-7)6-14(5)17(15,16)13-9(2,3)4/h13H,6H2,1-5H3,(H,10,11,12). The summed E-state index contributed by atoms with van der Waals surface area (Å²) >= 11 is 0. The first-order valence-corrected chi connectivity index (χ1v) is 6.67. The number of H-pyrrole nitrogens is 1. The van der Waals surface area contributed by atoms with E-state index in [1.165, 1.54) is 11.4 Å². The van der Waals surface area contributed by atoms with E-state index in [9.17, 15) is 8.42 Å². The van der Waals surface area contributed by atoms with Gasteiger partial charge in [0, 0.05) is 12.6 Å². The van der Waals surface area contributed by atoms with Gasteiger partial charge in [-0.2, -0.15) is 22.5 Å². The van der Waals surface area contributed by atoms with Gasteiger partial charge in [0.15, 0.2) is 5.82 Å². The van der Waals surface area contributed by atoms with Gasteiger partial charge in [0.05, 0.1) is 6.54 Å². The van der Waals surface area contributed by atoms with Crippen LogP contribution >= 0.6 is 0 Å². The Labute approximate surface area is 102 Å². The van der Waals surface area contributed by atoms with Crippen LogP contribution in [-0.4, -0.2) is 40.5 Å². The maximum atomic E-state index is 11.9. The van der Waals surface area contributed by atoms with Crippen molar-refractivity contribution < 1.29 is 8.42 Å². The van der Waals surface area contributed by atoms with Crippen LogP contribution in [0.2, 0.25) is 0 Å². The Morgan fingerprint density at radius 2 is 2.00 bits per heavy atom. The van der Waals surface area contributed by atoms with E-state index in [-0.39, 0.29) is 6.54 Å². The minimum Gasteiger partial charge on any atom is -0.263 e. The van der Waals surface area contributed by atoms with Crippen LogP contribution in [0.3, 0.4) is 0 Å². The van der Waals surface area contributed by atoms with Crippen molar-refractivity contribution in [2.24, 2.45) is 0 Å². The highest BCUT2D eigenvalue weighted by atomic mass is 32.2. The van der Waals surface area contributed by atoms with E-state index >= 15 is 0 Å². The molecular formula is C9H19N5O2S. The highest BCUT2D eigenvalue weighted by molar-refractivity contribution is 7.87. The fourth-order valence-corrected chi connectivity index (χ4v) is 2.42. The summed E-state index contributed by atoms with van der Waals surface area (Å²) in [7, 11) is -2.03. The van der Waals surface area contributed by atoms with Crippen LogP contribution in [0, 0.1) is 6.92 Å². The maximum absolute atomic E-state index is 11.9. The highest BCUT2D eigenvalue weighted by Gasteiger charge is 2.25. The summed E-state index contributed by atoms with van der Waals surface area (Å²) in [4.78, 5) is 4.06. The smallest absolute Gasteiger partial charge is 0.263 e.